The highest BCUT2D eigenvalue weighted by molar-refractivity contribution is 14.0. The zero-order valence-electron chi connectivity index (χ0n) is 13.9. The van der Waals surface area contributed by atoms with Crippen LogP contribution in [0.5, 0.6) is 0 Å². The summed E-state index contributed by atoms with van der Waals surface area (Å²) in [6.07, 6.45) is 5.23. The molecule has 4 nitrogen and oxygen atoms in total. The normalized spacial score (nSPS) is 27.3. The molecule has 2 aliphatic rings. The van der Waals surface area contributed by atoms with Crippen molar-refractivity contribution in [3.05, 3.63) is 0 Å². The van der Waals surface area contributed by atoms with E-state index in [1.807, 2.05) is 0 Å². The molecule has 0 spiro atoms. The van der Waals surface area contributed by atoms with E-state index in [4.69, 9.17) is 5.73 Å². The molecule has 2 atom stereocenters. The minimum absolute atomic E-state index is 0. The Morgan fingerprint density at radius 1 is 1.14 bits per heavy atom. The maximum atomic E-state index is 6.17. The Morgan fingerprint density at radius 3 is 2.43 bits per heavy atom. The van der Waals surface area contributed by atoms with Gasteiger partial charge in [0.1, 0.15) is 0 Å². The van der Waals surface area contributed by atoms with Crippen LogP contribution in [0.2, 0.25) is 0 Å². The number of rotatable bonds is 3. The third-order valence-electron chi connectivity index (χ3n) is 4.94. The van der Waals surface area contributed by atoms with Crippen LogP contribution in [0.4, 0.5) is 0 Å². The smallest absolute Gasteiger partial charge is 0.191 e. The molecule has 21 heavy (non-hydrogen) atoms. The van der Waals surface area contributed by atoms with Gasteiger partial charge < -0.3 is 10.6 Å². The number of nitrogens with zero attached hydrogens (tertiary/aromatic N) is 3. The molecule has 2 heterocycles. The first-order valence-electron chi connectivity index (χ1n) is 8.35. The number of piperidine rings is 2. The highest BCUT2D eigenvalue weighted by atomic mass is 127. The van der Waals surface area contributed by atoms with Crippen LogP contribution in [0.15, 0.2) is 4.99 Å². The molecule has 2 saturated heterocycles. The predicted octanol–water partition coefficient (Wildman–Crippen LogP) is 2.77. The Balaban J connectivity index is 0.00000220. The van der Waals surface area contributed by atoms with Crippen LogP contribution in [0.3, 0.4) is 0 Å². The first-order valence-corrected chi connectivity index (χ1v) is 8.35. The fraction of sp³-hybridized carbons (Fsp3) is 0.938. The van der Waals surface area contributed by atoms with Crippen molar-refractivity contribution in [2.75, 3.05) is 32.7 Å². The number of likely N-dealkylation sites (tertiary alicyclic amines) is 2. The van der Waals surface area contributed by atoms with Gasteiger partial charge in [-0.1, -0.05) is 13.8 Å². The average molecular weight is 408 g/mol. The summed E-state index contributed by atoms with van der Waals surface area (Å²) in [6.45, 7) is 12.4. The molecule has 0 bridgehead atoms. The molecule has 0 aromatic carbocycles. The molecule has 2 unspecified atom stereocenters. The molecular formula is C16H33IN4. The second-order valence-electron chi connectivity index (χ2n) is 6.96. The highest BCUT2D eigenvalue weighted by Gasteiger charge is 2.21. The van der Waals surface area contributed by atoms with Gasteiger partial charge in [0, 0.05) is 19.1 Å². The third-order valence-corrected chi connectivity index (χ3v) is 4.94. The van der Waals surface area contributed by atoms with Crippen molar-refractivity contribution in [1.82, 2.24) is 9.80 Å². The van der Waals surface area contributed by atoms with Gasteiger partial charge in [-0.25, -0.2) is 0 Å². The lowest BCUT2D eigenvalue weighted by Gasteiger charge is -2.35. The minimum atomic E-state index is 0. The zero-order chi connectivity index (χ0) is 14.5. The van der Waals surface area contributed by atoms with E-state index in [0.29, 0.717) is 6.04 Å². The first-order chi connectivity index (χ1) is 9.56. The SMILES string of the molecule is CC1CCN(C(C)CN=C(N)N2CCCC(C)C2)CC1.I. The third kappa shape index (κ3) is 5.93. The van der Waals surface area contributed by atoms with E-state index < -0.39 is 0 Å². The van der Waals surface area contributed by atoms with Gasteiger partial charge in [0.2, 0.25) is 0 Å². The second kappa shape index (κ2) is 9.18. The van der Waals surface area contributed by atoms with E-state index in [1.165, 1.54) is 38.8 Å². The zero-order valence-corrected chi connectivity index (χ0v) is 16.3. The summed E-state index contributed by atoms with van der Waals surface area (Å²) in [5.41, 5.74) is 6.17. The summed E-state index contributed by atoms with van der Waals surface area (Å²) >= 11 is 0. The summed E-state index contributed by atoms with van der Waals surface area (Å²) in [4.78, 5) is 9.48. The summed E-state index contributed by atoms with van der Waals surface area (Å²) < 4.78 is 0. The van der Waals surface area contributed by atoms with Crippen molar-refractivity contribution >= 4 is 29.9 Å². The summed E-state index contributed by atoms with van der Waals surface area (Å²) in [6, 6.07) is 0.517. The van der Waals surface area contributed by atoms with Crippen molar-refractivity contribution in [3.8, 4) is 0 Å². The van der Waals surface area contributed by atoms with E-state index in [1.54, 1.807) is 0 Å². The van der Waals surface area contributed by atoms with Crippen molar-refractivity contribution in [2.45, 2.75) is 52.5 Å². The van der Waals surface area contributed by atoms with Gasteiger partial charge in [-0.3, -0.25) is 9.89 Å². The van der Waals surface area contributed by atoms with Crippen LogP contribution in [0.1, 0.15) is 46.5 Å². The average Bonchev–Trinajstić information content (AvgIpc) is 2.45. The largest absolute Gasteiger partial charge is 0.370 e. The van der Waals surface area contributed by atoms with Crippen molar-refractivity contribution < 1.29 is 0 Å². The Kier molecular flexibility index (Phi) is 8.31. The van der Waals surface area contributed by atoms with Crippen LogP contribution in [0.25, 0.3) is 0 Å². The van der Waals surface area contributed by atoms with Crippen LogP contribution >= 0.6 is 24.0 Å². The summed E-state index contributed by atoms with van der Waals surface area (Å²) in [5.74, 6) is 2.40. The van der Waals surface area contributed by atoms with Crippen molar-refractivity contribution in [2.24, 2.45) is 22.6 Å². The Morgan fingerprint density at radius 2 is 1.81 bits per heavy atom. The maximum Gasteiger partial charge on any atom is 0.191 e. The molecule has 2 N–H and O–H groups in total. The van der Waals surface area contributed by atoms with E-state index >= 15 is 0 Å². The molecule has 2 rings (SSSR count). The molecule has 5 heteroatoms. The number of halogens is 1. The van der Waals surface area contributed by atoms with E-state index in [9.17, 15) is 0 Å². The number of nitrogens with two attached hydrogens (primary N) is 1. The van der Waals surface area contributed by atoms with Gasteiger partial charge in [-0.05, 0) is 57.5 Å². The van der Waals surface area contributed by atoms with Gasteiger partial charge >= 0.3 is 0 Å². The topological polar surface area (TPSA) is 44.9 Å². The number of guanidine groups is 1. The predicted molar refractivity (Wildman–Crippen MR) is 101 cm³/mol. The lowest BCUT2D eigenvalue weighted by Crippen LogP contribution is -2.45. The Bertz CT molecular complexity index is 326. The first kappa shape index (κ1) is 19.0. The van der Waals surface area contributed by atoms with Gasteiger partial charge in [-0.15, -0.1) is 24.0 Å². The number of aliphatic imine (C=N–C) groups is 1. The number of hydrogen-bond donors (Lipinski definition) is 1. The second-order valence-corrected chi connectivity index (χ2v) is 6.96. The molecular weight excluding hydrogens is 375 g/mol. The molecule has 0 radical (unpaired) electrons. The van der Waals surface area contributed by atoms with E-state index in [0.717, 1.165) is 37.4 Å². The molecule has 124 valence electrons. The molecule has 2 fully saturated rings. The van der Waals surface area contributed by atoms with Crippen LogP contribution in [0, 0.1) is 11.8 Å². The van der Waals surface area contributed by atoms with Gasteiger partial charge in [-0.2, -0.15) is 0 Å². The standard InChI is InChI=1S/C16H32N4.HI/c1-13-6-9-19(10-7-13)15(3)11-18-16(17)20-8-4-5-14(2)12-20;/h13-15H,4-12H2,1-3H3,(H2,17,18);1H. The van der Waals surface area contributed by atoms with E-state index in [-0.39, 0.29) is 24.0 Å². The quantitative estimate of drug-likeness (QED) is 0.444. The fourth-order valence-corrected chi connectivity index (χ4v) is 3.31. The molecule has 0 aliphatic carbocycles. The maximum absolute atomic E-state index is 6.17. The van der Waals surface area contributed by atoms with Gasteiger partial charge in [0.15, 0.2) is 5.96 Å². The van der Waals surface area contributed by atoms with Gasteiger partial charge in [0.25, 0.3) is 0 Å². The van der Waals surface area contributed by atoms with E-state index in [2.05, 4.69) is 35.6 Å². The number of hydrogen-bond acceptors (Lipinski definition) is 2. The molecule has 0 amide bonds. The Labute approximate surface area is 147 Å². The van der Waals surface area contributed by atoms with Crippen LogP contribution in [-0.2, 0) is 0 Å². The summed E-state index contributed by atoms with van der Waals surface area (Å²) in [7, 11) is 0. The summed E-state index contributed by atoms with van der Waals surface area (Å²) in [5, 5.41) is 0. The molecule has 0 aromatic rings. The minimum Gasteiger partial charge on any atom is -0.370 e. The lowest BCUT2D eigenvalue weighted by molar-refractivity contribution is 0.150. The van der Waals surface area contributed by atoms with Crippen molar-refractivity contribution in [1.29, 1.82) is 0 Å². The fourth-order valence-electron chi connectivity index (χ4n) is 3.31. The van der Waals surface area contributed by atoms with Gasteiger partial charge in [0.05, 0.1) is 6.54 Å². The van der Waals surface area contributed by atoms with Crippen molar-refractivity contribution in [3.63, 3.8) is 0 Å². The monoisotopic (exact) mass is 408 g/mol. The Hall–Kier alpha value is -0.0400. The van der Waals surface area contributed by atoms with Crippen LogP contribution in [-0.4, -0.2) is 54.5 Å². The molecule has 0 aromatic heterocycles. The van der Waals surface area contributed by atoms with Crippen LogP contribution < -0.4 is 5.73 Å². The highest BCUT2D eigenvalue weighted by Crippen LogP contribution is 2.18. The lowest BCUT2D eigenvalue weighted by atomic mass is 9.98. The molecule has 2 aliphatic heterocycles. The molecule has 0 saturated carbocycles.